The monoisotopic (exact) mass is 396 g/mol. The lowest BCUT2D eigenvalue weighted by Gasteiger charge is -2.54. The number of hydrogen-bond acceptors (Lipinski definition) is 2. The number of aryl methyl sites for hydroxylation is 1. The van der Waals surface area contributed by atoms with Gasteiger partial charge >= 0.3 is 0 Å². The van der Waals surface area contributed by atoms with Gasteiger partial charge in [0.15, 0.2) is 0 Å². The Morgan fingerprint density at radius 1 is 0.800 bits per heavy atom. The van der Waals surface area contributed by atoms with E-state index in [1.165, 1.54) is 48.2 Å². The molecule has 0 amide bonds. The predicted octanol–water partition coefficient (Wildman–Crippen LogP) is 5.38. The number of hydrogen-bond donors (Lipinski definition) is 1. The van der Waals surface area contributed by atoms with E-state index in [-0.39, 0.29) is 0 Å². The van der Waals surface area contributed by atoms with Crippen LogP contribution in [-0.4, -0.2) is 30.1 Å². The molecule has 3 aliphatic heterocycles. The zero-order valence-corrected chi connectivity index (χ0v) is 17.9. The fraction of sp³-hybridized carbons (Fsp3) is 0.357. The van der Waals surface area contributed by atoms with Crippen LogP contribution in [0.2, 0.25) is 0 Å². The van der Waals surface area contributed by atoms with Crippen molar-refractivity contribution in [3.05, 3.63) is 107 Å². The summed E-state index contributed by atoms with van der Waals surface area (Å²) in [6.45, 7) is 5.56. The number of rotatable bonds is 6. The van der Waals surface area contributed by atoms with Gasteiger partial charge in [-0.2, -0.15) is 0 Å². The minimum Gasteiger partial charge on any atom is -0.308 e. The van der Waals surface area contributed by atoms with Crippen LogP contribution in [0.15, 0.2) is 84.9 Å². The number of piperidine rings is 3. The minimum atomic E-state index is 0.394. The van der Waals surface area contributed by atoms with Gasteiger partial charge in [0.25, 0.3) is 0 Å². The molecule has 2 atom stereocenters. The molecule has 3 fully saturated rings. The minimum absolute atomic E-state index is 0.394. The van der Waals surface area contributed by atoms with Gasteiger partial charge in [-0.05, 0) is 55.5 Å². The second-order valence-electron chi connectivity index (χ2n) is 9.06. The van der Waals surface area contributed by atoms with Gasteiger partial charge in [0, 0.05) is 24.5 Å². The zero-order valence-electron chi connectivity index (χ0n) is 17.9. The molecule has 0 aromatic heterocycles. The summed E-state index contributed by atoms with van der Waals surface area (Å²) in [6, 6.07) is 32.3. The summed E-state index contributed by atoms with van der Waals surface area (Å²) in [6.07, 6.45) is 2.64. The molecule has 154 valence electrons. The maximum atomic E-state index is 4.02. The van der Waals surface area contributed by atoms with E-state index in [0.717, 1.165) is 12.5 Å². The van der Waals surface area contributed by atoms with Crippen LogP contribution in [0.25, 0.3) is 0 Å². The van der Waals surface area contributed by atoms with Crippen molar-refractivity contribution in [2.24, 2.45) is 5.92 Å². The van der Waals surface area contributed by atoms with E-state index >= 15 is 0 Å². The second-order valence-corrected chi connectivity index (χ2v) is 9.06. The highest BCUT2D eigenvalue weighted by molar-refractivity contribution is 5.36. The van der Waals surface area contributed by atoms with E-state index in [9.17, 15) is 0 Å². The quantitative estimate of drug-likeness (QED) is 0.602. The molecule has 2 heteroatoms. The zero-order chi connectivity index (χ0) is 20.3. The lowest BCUT2D eigenvalue weighted by atomic mass is 9.70. The third-order valence-corrected chi connectivity index (χ3v) is 7.19. The Labute approximate surface area is 180 Å². The Hall–Kier alpha value is -2.42. The molecule has 0 radical (unpaired) electrons. The molecule has 30 heavy (non-hydrogen) atoms. The molecule has 0 aliphatic carbocycles. The summed E-state index contributed by atoms with van der Waals surface area (Å²) in [5.41, 5.74) is 5.58. The molecule has 3 aromatic rings. The van der Waals surface area contributed by atoms with Gasteiger partial charge in [-0.1, -0.05) is 90.5 Å². The van der Waals surface area contributed by atoms with E-state index in [2.05, 4.69) is 102 Å². The molecule has 3 heterocycles. The first kappa shape index (κ1) is 19.5. The summed E-state index contributed by atoms with van der Waals surface area (Å²) < 4.78 is 0. The molecule has 3 aromatic carbocycles. The predicted molar refractivity (Wildman–Crippen MR) is 125 cm³/mol. The average molecular weight is 397 g/mol. The van der Waals surface area contributed by atoms with Crippen molar-refractivity contribution < 1.29 is 0 Å². The van der Waals surface area contributed by atoms with Crippen molar-refractivity contribution in [2.75, 3.05) is 13.1 Å². The van der Waals surface area contributed by atoms with Crippen molar-refractivity contribution in [3.63, 3.8) is 0 Å². The van der Waals surface area contributed by atoms with Crippen LogP contribution in [0.3, 0.4) is 0 Å². The molecule has 0 saturated carbocycles. The van der Waals surface area contributed by atoms with E-state index < -0.39 is 0 Å². The highest BCUT2D eigenvalue weighted by Crippen LogP contribution is 2.42. The summed E-state index contributed by atoms with van der Waals surface area (Å²) in [7, 11) is 0. The van der Waals surface area contributed by atoms with Gasteiger partial charge in [0.2, 0.25) is 0 Å². The first-order valence-electron chi connectivity index (χ1n) is 11.4. The lowest BCUT2D eigenvalue weighted by Crippen LogP contribution is -2.64. The fourth-order valence-corrected chi connectivity index (χ4v) is 5.64. The van der Waals surface area contributed by atoms with E-state index in [0.29, 0.717) is 18.0 Å². The summed E-state index contributed by atoms with van der Waals surface area (Å²) >= 11 is 0. The van der Waals surface area contributed by atoms with E-state index in [1.807, 2.05) is 0 Å². The Balaban J connectivity index is 1.48. The molecule has 2 nitrogen and oxygen atoms in total. The van der Waals surface area contributed by atoms with E-state index in [1.54, 1.807) is 0 Å². The van der Waals surface area contributed by atoms with Crippen molar-refractivity contribution in [1.29, 1.82) is 0 Å². The molecule has 3 aliphatic rings. The molecular weight excluding hydrogens is 364 g/mol. The standard InChI is InChI=1S/C28H32N2/c1-21-12-14-22(15-13-21)20-29-27-25-16-18-30(19-17-25)28(27)26(23-8-4-2-5-9-23)24-10-6-3-7-11-24/h2-15,25-29H,16-20H2,1H3. The number of nitrogens with zero attached hydrogens (tertiary/aromatic N) is 1. The molecular formula is C28H32N2. The van der Waals surface area contributed by atoms with Crippen LogP contribution >= 0.6 is 0 Å². The lowest BCUT2D eigenvalue weighted by molar-refractivity contribution is 0.00468. The second kappa shape index (κ2) is 8.75. The molecule has 2 bridgehead atoms. The fourth-order valence-electron chi connectivity index (χ4n) is 5.64. The Morgan fingerprint density at radius 2 is 1.37 bits per heavy atom. The van der Waals surface area contributed by atoms with Crippen LogP contribution in [0.1, 0.15) is 41.0 Å². The van der Waals surface area contributed by atoms with Gasteiger partial charge < -0.3 is 5.32 Å². The molecule has 0 spiro atoms. The van der Waals surface area contributed by atoms with Crippen molar-refractivity contribution in [1.82, 2.24) is 10.2 Å². The van der Waals surface area contributed by atoms with Crippen molar-refractivity contribution in [3.8, 4) is 0 Å². The van der Waals surface area contributed by atoms with Crippen LogP contribution < -0.4 is 5.32 Å². The summed E-state index contributed by atoms with van der Waals surface area (Å²) in [4.78, 5) is 2.76. The van der Waals surface area contributed by atoms with E-state index in [4.69, 9.17) is 0 Å². The van der Waals surface area contributed by atoms with Crippen LogP contribution in [-0.2, 0) is 6.54 Å². The van der Waals surface area contributed by atoms with Gasteiger partial charge in [-0.25, -0.2) is 0 Å². The van der Waals surface area contributed by atoms with Crippen LogP contribution in [0.4, 0.5) is 0 Å². The maximum Gasteiger partial charge on any atom is 0.0361 e. The smallest absolute Gasteiger partial charge is 0.0361 e. The maximum absolute atomic E-state index is 4.02. The highest BCUT2D eigenvalue weighted by atomic mass is 15.2. The topological polar surface area (TPSA) is 15.3 Å². The first-order valence-corrected chi connectivity index (χ1v) is 11.4. The summed E-state index contributed by atoms with van der Waals surface area (Å²) in [5.74, 6) is 1.16. The number of fused-ring (bicyclic) bond motifs is 3. The van der Waals surface area contributed by atoms with Gasteiger partial charge in [0.1, 0.15) is 0 Å². The van der Waals surface area contributed by atoms with Crippen LogP contribution in [0.5, 0.6) is 0 Å². The normalized spacial score (nSPS) is 25.5. The average Bonchev–Trinajstić information content (AvgIpc) is 2.82. The molecule has 1 N–H and O–H groups in total. The highest BCUT2D eigenvalue weighted by Gasteiger charge is 2.46. The van der Waals surface area contributed by atoms with Crippen molar-refractivity contribution in [2.45, 2.75) is 44.3 Å². The molecule has 2 unspecified atom stereocenters. The first-order chi connectivity index (χ1) is 14.8. The summed E-state index contributed by atoms with van der Waals surface area (Å²) in [5, 5.41) is 4.02. The Bertz CT molecular complexity index is 888. The van der Waals surface area contributed by atoms with Crippen molar-refractivity contribution >= 4 is 0 Å². The Kier molecular flexibility index (Phi) is 5.70. The van der Waals surface area contributed by atoms with Gasteiger partial charge in [-0.3, -0.25) is 4.90 Å². The SMILES string of the molecule is Cc1ccc(CNC2C3CCN(CC3)C2C(c2ccccc2)c2ccccc2)cc1. The molecule has 3 saturated heterocycles. The van der Waals surface area contributed by atoms with Gasteiger partial charge in [-0.15, -0.1) is 0 Å². The Morgan fingerprint density at radius 3 is 1.93 bits per heavy atom. The number of benzene rings is 3. The number of nitrogens with one attached hydrogen (secondary N) is 1. The largest absolute Gasteiger partial charge is 0.308 e. The molecule has 6 rings (SSSR count). The third-order valence-electron chi connectivity index (χ3n) is 7.19. The third kappa shape index (κ3) is 3.95. The van der Waals surface area contributed by atoms with Gasteiger partial charge in [0.05, 0.1) is 0 Å². The van der Waals surface area contributed by atoms with Crippen LogP contribution in [0, 0.1) is 12.8 Å².